The number of carbonyl (C=O) groups excluding carboxylic acids is 2. The minimum Gasteiger partial charge on any atom is -0.468 e. The summed E-state index contributed by atoms with van der Waals surface area (Å²) in [6.07, 6.45) is 5.97. The van der Waals surface area contributed by atoms with Crippen LogP contribution in [-0.4, -0.2) is 18.9 Å². The van der Waals surface area contributed by atoms with E-state index >= 15 is 0 Å². The molecule has 3 nitrogen and oxygen atoms in total. The summed E-state index contributed by atoms with van der Waals surface area (Å²) in [5, 5.41) is 0. The van der Waals surface area contributed by atoms with E-state index in [0.29, 0.717) is 18.8 Å². The van der Waals surface area contributed by atoms with Crippen LogP contribution in [0.1, 0.15) is 26.7 Å². The van der Waals surface area contributed by atoms with E-state index in [1.54, 1.807) is 12.2 Å². The standard InChI is InChI=1S/C14H20O3/c1-5-7-14(13(16)17-4)8-6-11(10(2)3)9-12(14)15/h5-6,8,10-11H,1,7,9H2,2-4H3/t11-,14+/m0/s1. The van der Waals surface area contributed by atoms with E-state index in [2.05, 4.69) is 20.4 Å². The van der Waals surface area contributed by atoms with E-state index in [1.807, 2.05) is 6.08 Å². The molecular weight excluding hydrogens is 216 g/mol. The molecule has 1 aliphatic rings. The van der Waals surface area contributed by atoms with Crippen molar-refractivity contribution in [3.63, 3.8) is 0 Å². The first-order valence-corrected chi connectivity index (χ1v) is 5.90. The lowest BCUT2D eigenvalue weighted by Crippen LogP contribution is -2.42. The maximum atomic E-state index is 12.2. The average molecular weight is 236 g/mol. The predicted octanol–water partition coefficient (Wildman–Crippen LogP) is 2.52. The van der Waals surface area contributed by atoms with Gasteiger partial charge in [-0.25, -0.2) is 0 Å². The third kappa shape index (κ3) is 2.48. The highest BCUT2D eigenvalue weighted by atomic mass is 16.5. The Morgan fingerprint density at radius 1 is 1.71 bits per heavy atom. The van der Waals surface area contributed by atoms with Gasteiger partial charge >= 0.3 is 5.97 Å². The van der Waals surface area contributed by atoms with Gasteiger partial charge in [0.1, 0.15) is 5.41 Å². The van der Waals surface area contributed by atoms with Crippen LogP contribution in [0.15, 0.2) is 24.8 Å². The van der Waals surface area contributed by atoms with E-state index in [0.717, 1.165) is 0 Å². The maximum Gasteiger partial charge on any atom is 0.323 e. The van der Waals surface area contributed by atoms with Crippen LogP contribution in [0.5, 0.6) is 0 Å². The molecule has 0 heterocycles. The molecule has 0 aromatic heterocycles. The molecule has 0 amide bonds. The van der Waals surface area contributed by atoms with Crippen LogP contribution < -0.4 is 0 Å². The normalized spacial score (nSPS) is 28.2. The van der Waals surface area contributed by atoms with Gasteiger partial charge in [0.05, 0.1) is 7.11 Å². The minimum atomic E-state index is -1.14. The number of carbonyl (C=O) groups is 2. The minimum absolute atomic E-state index is 0.0644. The summed E-state index contributed by atoms with van der Waals surface area (Å²) in [6.45, 7) is 7.75. The van der Waals surface area contributed by atoms with Gasteiger partial charge in [-0.05, 0) is 18.3 Å². The zero-order valence-electron chi connectivity index (χ0n) is 10.7. The fourth-order valence-electron chi connectivity index (χ4n) is 2.16. The van der Waals surface area contributed by atoms with Crippen LogP contribution in [0, 0.1) is 17.3 Å². The number of ketones is 1. The van der Waals surface area contributed by atoms with Crippen LogP contribution in [0.2, 0.25) is 0 Å². The van der Waals surface area contributed by atoms with Crippen molar-refractivity contribution in [1.82, 2.24) is 0 Å². The van der Waals surface area contributed by atoms with Gasteiger partial charge < -0.3 is 4.74 Å². The molecule has 0 unspecified atom stereocenters. The van der Waals surface area contributed by atoms with Gasteiger partial charge in [0.25, 0.3) is 0 Å². The summed E-state index contributed by atoms with van der Waals surface area (Å²) in [4.78, 5) is 24.0. The molecule has 0 aromatic rings. The molecule has 1 rings (SSSR count). The van der Waals surface area contributed by atoms with E-state index in [-0.39, 0.29) is 11.7 Å². The third-order valence-corrected chi connectivity index (χ3v) is 3.42. The number of hydrogen-bond acceptors (Lipinski definition) is 3. The van der Waals surface area contributed by atoms with Crippen molar-refractivity contribution >= 4 is 11.8 Å². The molecule has 0 saturated carbocycles. The Kier molecular flexibility index (Phi) is 4.27. The highest BCUT2D eigenvalue weighted by Gasteiger charge is 2.46. The molecule has 0 radical (unpaired) electrons. The molecule has 17 heavy (non-hydrogen) atoms. The van der Waals surface area contributed by atoms with Crippen LogP contribution >= 0.6 is 0 Å². The highest BCUT2D eigenvalue weighted by molar-refractivity contribution is 6.06. The molecule has 0 aliphatic heterocycles. The van der Waals surface area contributed by atoms with Crippen molar-refractivity contribution in [1.29, 1.82) is 0 Å². The van der Waals surface area contributed by atoms with Crippen molar-refractivity contribution in [3.8, 4) is 0 Å². The summed E-state index contributed by atoms with van der Waals surface area (Å²) in [5.41, 5.74) is -1.14. The fraction of sp³-hybridized carbons (Fsp3) is 0.571. The quantitative estimate of drug-likeness (QED) is 0.428. The van der Waals surface area contributed by atoms with Crippen LogP contribution in [0.25, 0.3) is 0 Å². The number of Topliss-reactive ketones (excluding diaryl/α,β-unsaturated/α-hetero) is 1. The molecule has 0 aromatic carbocycles. The van der Waals surface area contributed by atoms with E-state index in [9.17, 15) is 9.59 Å². The fourth-order valence-corrected chi connectivity index (χ4v) is 2.16. The lowest BCUT2D eigenvalue weighted by Gasteiger charge is -2.32. The summed E-state index contributed by atoms with van der Waals surface area (Å²) in [5.74, 6) is 0.0611. The van der Waals surface area contributed by atoms with Crippen molar-refractivity contribution in [2.45, 2.75) is 26.7 Å². The summed E-state index contributed by atoms with van der Waals surface area (Å²) in [6, 6.07) is 0. The first-order chi connectivity index (χ1) is 7.97. The molecule has 0 bridgehead atoms. The summed E-state index contributed by atoms with van der Waals surface area (Å²) < 4.78 is 4.75. The van der Waals surface area contributed by atoms with Crippen LogP contribution in [-0.2, 0) is 14.3 Å². The zero-order valence-corrected chi connectivity index (χ0v) is 10.7. The van der Waals surface area contributed by atoms with Gasteiger partial charge in [-0.3, -0.25) is 9.59 Å². The maximum absolute atomic E-state index is 12.2. The Morgan fingerprint density at radius 3 is 2.76 bits per heavy atom. The van der Waals surface area contributed by atoms with Crippen molar-refractivity contribution in [3.05, 3.63) is 24.8 Å². The molecule has 0 saturated heterocycles. The van der Waals surface area contributed by atoms with E-state index in [4.69, 9.17) is 4.74 Å². The smallest absolute Gasteiger partial charge is 0.323 e. The monoisotopic (exact) mass is 236 g/mol. The van der Waals surface area contributed by atoms with E-state index < -0.39 is 11.4 Å². The molecule has 1 aliphatic carbocycles. The number of hydrogen-bond donors (Lipinski definition) is 0. The Hall–Kier alpha value is -1.38. The Morgan fingerprint density at radius 2 is 2.35 bits per heavy atom. The first-order valence-electron chi connectivity index (χ1n) is 5.90. The number of ether oxygens (including phenoxy) is 1. The van der Waals surface area contributed by atoms with Crippen molar-refractivity contribution in [2.75, 3.05) is 7.11 Å². The van der Waals surface area contributed by atoms with Crippen LogP contribution in [0.3, 0.4) is 0 Å². The second-order valence-corrected chi connectivity index (χ2v) is 4.85. The predicted molar refractivity (Wildman–Crippen MR) is 66.4 cm³/mol. The second-order valence-electron chi connectivity index (χ2n) is 4.85. The lowest BCUT2D eigenvalue weighted by molar-refractivity contribution is -0.155. The Bertz CT molecular complexity index is 354. The Balaban J connectivity index is 3.08. The largest absolute Gasteiger partial charge is 0.468 e. The third-order valence-electron chi connectivity index (χ3n) is 3.42. The van der Waals surface area contributed by atoms with Crippen molar-refractivity contribution < 1.29 is 14.3 Å². The highest BCUT2D eigenvalue weighted by Crippen LogP contribution is 2.37. The SMILES string of the molecule is C=CC[C@@]1(C(=O)OC)C=C[C@H](C(C)C)CC1=O. The first kappa shape index (κ1) is 13.7. The molecule has 2 atom stereocenters. The zero-order chi connectivity index (χ0) is 13.1. The number of allylic oxidation sites excluding steroid dienone is 2. The topological polar surface area (TPSA) is 43.4 Å². The van der Waals surface area contributed by atoms with Gasteiger partial charge in [-0.2, -0.15) is 0 Å². The van der Waals surface area contributed by atoms with Gasteiger partial charge in [-0.15, -0.1) is 6.58 Å². The molecule has 0 spiro atoms. The molecule has 94 valence electrons. The number of methoxy groups -OCH3 is 1. The molecular formula is C14H20O3. The Labute approximate surface area is 103 Å². The van der Waals surface area contributed by atoms with Gasteiger partial charge in [-0.1, -0.05) is 32.1 Å². The van der Waals surface area contributed by atoms with Gasteiger partial charge in [0.2, 0.25) is 0 Å². The summed E-state index contributed by atoms with van der Waals surface area (Å²) in [7, 11) is 1.31. The molecule has 3 heteroatoms. The number of esters is 1. The van der Waals surface area contributed by atoms with Crippen LogP contribution in [0.4, 0.5) is 0 Å². The van der Waals surface area contributed by atoms with Gasteiger partial charge in [0, 0.05) is 6.42 Å². The van der Waals surface area contributed by atoms with E-state index in [1.165, 1.54) is 7.11 Å². The molecule has 0 N–H and O–H groups in total. The number of rotatable bonds is 4. The van der Waals surface area contributed by atoms with Crippen molar-refractivity contribution in [2.24, 2.45) is 17.3 Å². The average Bonchev–Trinajstić information content (AvgIpc) is 2.30. The van der Waals surface area contributed by atoms with Gasteiger partial charge in [0.15, 0.2) is 5.78 Å². The molecule has 0 fully saturated rings. The summed E-state index contributed by atoms with van der Waals surface area (Å²) >= 11 is 0. The lowest BCUT2D eigenvalue weighted by atomic mass is 9.70. The second kappa shape index (κ2) is 5.30.